The minimum Gasteiger partial charge on any atom is -0.433 e. The van der Waals surface area contributed by atoms with Gasteiger partial charge in [-0.3, -0.25) is 4.79 Å². The molecule has 0 radical (unpaired) electrons. The molecule has 0 bridgehead atoms. The van der Waals surface area contributed by atoms with Gasteiger partial charge in [0.1, 0.15) is 10.8 Å². The molecule has 1 amide bonds. The molecule has 4 rings (SSSR count). The summed E-state index contributed by atoms with van der Waals surface area (Å²) in [7, 11) is 2.07. The van der Waals surface area contributed by atoms with Crippen LogP contribution in [0.1, 0.15) is 22.8 Å². The van der Waals surface area contributed by atoms with Crippen LogP contribution in [-0.4, -0.2) is 60.1 Å². The molecule has 0 saturated carbocycles. The molecule has 9 nitrogen and oxygen atoms in total. The van der Waals surface area contributed by atoms with E-state index in [-0.39, 0.29) is 11.7 Å². The maximum absolute atomic E-state index is 13.2. The Labute approximate surface area is 205 Å². The molecule has 1 aliphatic rings. The minimum atomic E-state index is -2.99. The number of halogens is 2. The summed E-state index contributed by atoms with van der Waals surface area (Å²) in [5, 5.41) is 8.37. The standard InChI is InChI=1S/C23H27F2N7O2S/c1-13-11-27-23(30-20(13)29-21-16(19(26)33)6-9-35-21)28-17-5-4-15(10-18(17)34-22(24)25)32-8-7-31(3)14(2)12-32/h4-6,9-11,14,22H,7-8,12H2,1-3H3,(H2,26,33)(H2,27,28,29,30)/t14-/m0/s1. The van der Waals surface area contributed by atoms with E-state index in [1.165, 1.54) is 11.3 Å². The number of rotatable bonds is 8. The molecule has 0 spiro atoms. The van der Waals surface area contributed by atoms with Crippen molar-refractivity contribution in [1.82, 2.24) is 14.9 Å². The number of amides is 1. The molecule has 1 aliphatic heterocycles. The molecule has 1 atom stereocenters. The van der Waals surface area contributed by atoms with Crippen LogP contribution in [0.5, 0.6) is 5.75 Å². The van der Waals surface area contributed by atoms with Gasteiger partial charge in [0.2, 0.25) is 5.95 Å². The SMILES string of the molecule is Cc1cnc(Nc2ccc(N3CCN(C)[C@@H](C)C3)cc2OC(F)F)nc1Nc1sccc1C(N)=O. The fraction of sp³-hybridized carbons (Fsp3) is 0.348. The largest absolute Gasteiger partial charge is 0.433 e. The molecular formula is C23H27F2N7O2S. The number of likely N-dealkylation sites (N-methyl/N-ethyl adjacent to an activating group) is 1. The van der Waals surface area contributed by atoms with Crippen LogP contribution in [0, 0.1) is 6.92 Å². The second-order valence-electron chi connectivity index (χ2n) is 8.34. The fourth-order valence-corrected chi connectivity index (χ4v) is 4.54. The van der Waals surface area contributed by atoms with Gasteiger partial charge in [0.05, 0.1) is 11.3 Å². The number of ether oxygens (including phenoxy) is 1. The number of aryl methyl sites for hydroxylation is 1. The number of thiophene rings is 1. The first-order valence-corrected chi connectivity index (χ1v) is 11.9. The first-order valence-electron chi connectivity index (χ1n) is 11.0. The first-order chi connectivity index (χ1) is 16.7. The number of alkyl halides is 2. The number of nitrogens with zero attached hydrogens (tertiary/aromatic N) is 4. The third-order valence-electron chi connectivity index (χ3n) is 5.89. The zero-order valence-electron chi connectivity index (χ0n) is 19.6. The van der Waals surface area contributed by atoms with Crippen molar-refractivity contribution in [2.24, 2.45) is 5.73 Å². The Bertz CT molecular complexity index is 1210. The van der Waals surface area contributed by atoms with Crippen molar-refractivity contribution in [1.29, 1.82) is 0 Å². The topological polar surface area (TPSA) is 109 Å². The van der Waals surface area contributed by atoms with Gasteiger partial charge in [-0.1, -0.05) is 0 Å². The number of carbonyl (C=O) groups is 1. The van der Waals surface area contributed by atoms with E-state index in [4.69, 9.17) is 10.5 Å². The number of primary amides is 1. The van der Waals surface area contributed by atoms with Gasteiger partial charge in [-0.05, 0) is 44.5 Å². The number of piperazine rings is 1. The molecule has 35 heavy (non-hydrogen) atoms. The highest BCUT2D eigenvalue weighted by molar-refractivity contribution is 7.14. The van der Waals surface area contributed by atoms with Crippen LogP contribution in [0.3, 0.4) is 0 Å². The summed E-state index contributed by atoms with van der Waals surface area (Å²) in [6, 6.07) is 7.10. The monoisotopic (exact) mass is 503 g/mol. The Hall–Kier alpha value is -3.51. The zero-order valence-corrected chi connectivity index (χ0v) is 20.4. The van der Waals surface area contributed by atoms with Crippen LogP contribution in [0.25, 0.3) is 0 Å². The number of carbonyl (C=O) groups excluding carboxylic acids is 1. The van der Waals surface area contributed by atoms with E-state index in [9.17, 15) is 13.6 Å². The van der Waals surface area contributed by atoms with E-state index in [0.717, 1.165) is 30.9 Å². The van der Waals surface area contributed by atoms with Gasteiger partial charge in [0.25, 0.3) is 5.91 Å². The normalized spacial score (nSPS) is 16.4. The third-order valence-corrected chi connectivity index (χ3v) is 6.72. The Balaban J connectivity index is 1.58. The molecule has 1 saturated heterocycles. The van der Waals surface area contributed by atoms with Crippen LogP contribution in [-0.2, 0) is 0 Å². The third kappa shape index (κ3) is 5.77. The van der Waals surface area contributed by atoms with E-state index in [0.29, 0.717) is 28.1 Å². The Morgan fingerprint density at radius 1 is 1.29 bits per heavy atom. The lowest BCUT2D eigenvalue weighted by Crippen LogP contribution is -2.50. The Morgan fingerprint density at radius 2 is 2.09 bits per heavy atom. The zero-order chi connectivity index (χ0) is 25.1. The number of benzene rings is 1. The van der Waals surface area contributed by atoms with Crippen molar-refractivity contribution in [3.63, 3.8) is 0 Å². The summed E-state index contributed by atoms with van der Waals surface area (Å²) < 4.78 is 31.2. The number of anilines is 5. The molecule has 12 heteroatoms. The van der Waals surface area contributed by atoms with Gasteiger partial charge in [0, 0.05) is 49.2 Å². The van der Waals surface area contributed by atoms with Gasteiger partial charge in [-0.25, -0.2) is 4.98 Å². The van der Waals surface area contributed by atoms with Gasteiger partial charge < -0.3 is 30.9 Å². The van der Waals surface area contributed by atoms with E-state index < -0.39 is 12.5 Å². The van der Waals surface area contributed by atoms with E-state index in [1.54, 1.807) is 36.7 Å². The van der Waals surface area contributed by atoms with Crippen LogP contribution < -0.4 is 26.0 Å². The lowest BCUT2D eigenvalue weighted by Gasteiger charge is -2.39. The average Bonchev–Trinajstić information content (AvgIpc) is 3.27. The summed E-state index contributed by atoms with van der Waals surface area (Å²) >= 11 is 1.31. The number of hydrogen-bond donors (Lipinski definition) is 3. The van der Waals surface area contributed by atoms with Gasteiger partial charge in [-0.2, -0.15) is 13.8 Å². The number of nitrogens with two attached hydrogens (primary N) is 1. The lowest BCUT2D eigenvalue weighted by atomic mass is 10.1. The first kappa shape index (κ1) is 24.6. The van der Waals surface area contributed by atoms with Crippen molar-refractivity contribution in [3.8, 4) is 5.75 Å². The van der Waals surface area contributed by atoms with Gasteiger partial charge in [0.15, 0.2) is 5.75 Å². The highest BCUT2D eigenvalue weighted by atomic mass is 32.1. The summed E-state index contributed by atoms with van der Waals surface area (Å²) in [6.07, 6.45) is 1.59. The molecule has 1 fully saturated rings. The second kappa shape index (κ2) is 10.4. The van der Waals surface area contributed by atoms with Gasteiger partial charge in [-0.15, -0.1) is 11.3 Å². The van der Waals surface area contributed by atoms with E-state index >= 15 is 0 Å². The van der Waals surface area contributed by atoms with Crippen molar-refractivity contribution < 1.29 is 18.3 Å². The maximum atomic E-state index is 13.2. The Kier molecular flexibility index (Phi) is 7.31. The minimum absolute atomic E-state index is 0.00274. The highest BCUT2D eigenvalue weighted by Crippen LogP contribution is 2.34. The molecule has 186 valence electrons. The lowest BCUT2D eigenvalue weighted by molar-refractivity contribution is -0.0493. The number of nitrogens with one attached hydrogen (secondary N) is 2. The van der Waals surface area contributed by atoms with E-state index in [1.807, 2.05) is 6.07 Å². The number of hydrogen-bond acceptors (Lipinski definition) is 9. The molecular weight excluding hydrogens is 476 g/mol. The van der Waals surface area contributed by atoms with Crippen LogP contribution in [0.2, 0.25) is 0 Å². The van der Waals surface area contributed by atoms with Crippen LogP contribution in [0.15, 0.2) is 35.8 Å². The quantitative estimate of drug-likeness (QED) is 0.420. The average molecular weight is 504 g/mol. The van der Waals surface area contributed by atoms with Crippen molar-refractivity contribution in [3.05, 3.63) is 47.0 Å². The summed E-state index contributed by atoms with van der Waals surface area (Å²) in [6.45, 7) is 3.39. The van der Waals surface area contributed by atoms with Crippen LogP contribution in [0.4, 0.5) is 36.9 Å². The molecule has 4 N–H and O–H groups in total. The smallest absolute Gasteiger partial charge is 0.387 e. The number of aromatic nitrogens is 2. The second-order valence-corrected chi connectivity index (χ2v) is 9.25. The summed E-state index contributed by atoms with van der Waals surface area (Å²) in [5.74, 6) is 0.0710. The predicted molar refractivity (Wildman–Crippen MR) is 134 cm³/mol. The highest BCUT2D eigenvalue weighted by Gasteiger charge is 2.22. The summed E-state index contributed by atoms with van der Waals surface area (Å²) in [5.41, 5.74) is 7.60. The maximum Gasteiger partial charge on any atom is 0.387 e. The molecule has 1 aromatic carbocycles. The van der Waals surface area contributed by atoms with E-state index in [2.05, 4.69) is 44.4 Å². The van der Waals surface area contributed by atoms with Crippen molar-refractivity contribution >= 4 is 45.4 Å². The van der Waals surface area contributed by atoms with Crippen molar-refractivity contribution in [2.45, 2.75) is 26.5 Å². The molecule has 2 aromatic heterocycles. The predicted octanol–water partition coefficient (Wildman–Crippen LogP) is 4.17. The molecule has 0 aliphatic carbocycles. The van der Waals surface area contributed by atoms with Gasteiger partial charge >= 0.3 is 6.61 Å². The molecule has 0 unspecified atom stereocenters. The molecule has 3 aromatic rings. The van der Waals surface area contributed by atoms with Crippen molar-refractivity contribution in [2.75, 3.05) is 42.2 Å². The van der Waals surface area contributed by atoms with Crippen LogP contribution >= 0.6 is 11.3 Å². The Morgan fingerprint density at radius 3 is 2.80 bits per heavy atom. The fourth-order valence-electron chi connectivity index (χ4n) is 3.74. The summed E-state index contributed by atoms with van der Waals surface area (Å²) in [4.78, 5) is 24.8. The molecule has 3 heterocycles.